The maximum atomic E-state index is 12.8. The van der Waals surface area contributed by atoms with Gasteiger partial charge >= 0.3 is 0 Å². The maximum Gasteiger partial charge on any atom is 0.257 e. The molecule has 0 saturated carbocycles. The molecule has 1 fully saturated rings. The van der Waals surface area contributed by atoms with Crippen molar-refractivity contribution in [3.8, 4) is 0 Å². The molecule has 1 aliphatic rings. The summed E-state index contributed by atoms with van der Waals surface area (Å²) in [6.45, 7) is 5.38. The molecule has 6 heteroatoms. The van der Waals surface area contributed by atoms with Crippen molar-refractivity contribution in [3.63, 3.8) is 0 Å². The number of furan rings is 1. The Morgan fingerprint density at radius 2 is 2.23 bits per heavy atom. The third kappa shape index (κ3) is 2.79. The largest absolute Gasteiger partial charge is 0.468 e. The Morgan fingerprint density at radius 1 is 1.41 bits per heavy atom. The molecule has 0 radical (unpaired) electrons. The highest BCUT2D eigenvalue weighted by molar-refractivity contribution is 7.99. The van der Waals surface area contributed by atoms with Gasteiger partial charge in [-0.05, 0) is 32.4 Å². The van der Waals surface area contributed by atoms with Crippen LogP contribution in [0.1, 0.15) is 39.2 Å². The summed E-state index contributed by atoms with van der Waals surface area (Å²) < 4.78 is 7.29. The van der Waals surface area contributed by atoms with Gasteiger partial charge in [0.25, 0.3) is 5.91 Å². The Hall–Kier alpha value is -1.69. The van der Waals surface area contributed by atoms with Crippen LogP contribution in [0.4, 0.5) is 0 Å². The molecule has 0 aliphatic carbocycles. The van der Waals surface area contributed by atoms with E-state index in [1.54, 1.807) is 10.9 Å². The first-order valence-corrected chi connectivity index (χ1v) is 8.57. The van der Waals surface area contributed by atoms with Crippen LogP contribution in [0.25, 0.3) is 0 Å². The van der Waals surface area contributed by atoms with Gasteiger partial charge in [-0.3, -0.25) is 9.48 Å². The molecule has 3 rings (SSSR count). The number of aromatic nitrogens is 2. The molecular weight excluding hydrogens is 298 g/mol. The first kappa shape index (κ1) is 15.2. The van der Waals surface area contributed by atoms with Gasteiger partial charge < -0.3 is 9.32 Å². The zero-order valence-electron chi connectivity index (χ0n) is 13.2. The monoisotopic (exact) mass is 319 g/mol. The van der Waals surface area contributed by atoms with Crippen molar-refractivity contribution < 1.29 is 9.21 Å². The Balaban J connectivity index is 1.74. The minimum atomic E-state index is 0.101. The molecule has 118 valence electrons. The van der Waals surface area contributed by atoms with E-state index in [1.807, 2.05) is 49.7 Å². The molecule has 22 heavy (non-hydrogen) atoms. The Bertz CT molecular complexity index is 663. The molecule has 1 saturated heterocycles. The number of nitrogens with zero attached hydrogens (tertiary/aromatic N) is 3. The van der Waals surface area contributed by atoms with E-state index in [9.17, 15) is 4.79 Å². The van der Waals surface area contributed by atoms with Gasteiger partial charge in [0, 0.05) is 31.6 Å². The highest BCUT2D eigenvalue weighted by Crippen LogP contribution is 2.34. The quantitative estimate of drug-likeness (QED) is 0.854. The molecular formula is C16H21N3O2S. The van der Waals surface area contributed by atoms with Crippen molar-refractivity contribution >= 4 is 17.7 Å². The summed E-state index contributed by atoms with van der Waals surface area (Å²) >= 11 is 1.86. The molecule has 0 bridgehead atoms. The van der Waals surface area contributed by atoms with Crippen molar-refractivity contribution in [2.75, 3.05) is 18.8 Å². The molecule has 0 unspecified atom stereocenters. The molecule has 1 atom stereocenters. The normalized spacial score (nSPS) is 19.2. The number of aryl methyl sites for hydroxylation is 2. The number of amides is 1. The first-order chi connectivity index (χ1) is 10.6. The van der Waals surface area contributed by atoms with Gasteiger partial charge in [-0.25, -0.2) is 0 Å². The van der Waals surface area contributed by atoms with Crippen LogP contribution >= 0.6 is 11.8 Å². The molecule has 1 amide bonds. The van der Waals surface area contributed by atoms with Crippen molar-refractivity contribution in [3.05, 3.63) is 41.1 Å². The van der Waals surface area contributed by atoms with Gasteiger partial charge in [0.1, 0.15) is 5.76 Å². The second kappa shape index (κ2) is 6.20. The smallest absolute Gasteiger partial charge is 0.257 e. The Kier molecular flexibility index (Phi) is 4.29. The number of rotatable bonds is 2. The van der Waals surface area contributed by atoms with E-state index in [4.69, 9.17) is 4.42 Å². The van der Waals surface area contributed by atoms with Gasteiger partial charge in [0.2, 0.25) is 0 Å². The summed E-state index contributed by atoms with van der Waals surface area (Å²) in [5.41, 5.74) is 2.50. The van der Waals surface area contributed by atoms with Gasteiger partial charge in [0.15, 0.2) is 0 Å². The number of hydrogen-bond donors (Lipinski definition) is 0. The second-order valence-electron chi connectivity index (χ2n) is 5.63. The fraction of sp³-hybridized carbons (Fsp3) is 0.500. The molecule has 0 aromatic carbocycles. The van der Waals surface area contributed by atoms with Crippen LogP contribution in [0, 0.1) is 13.8 Å². The van der Waals surface area contributed by atoms with E-state index >= 15 is 0 Å². The molecule has 0 spiro atoms. The molecule has 2 aromatic rings. The third-order valence-corrected chi connectivity index (χ3v) is 5.50. The van der Waals surface area contributed by atoms with E-state index in [-0.39, 0.29) is 5.91 Å². The average Bonchev–Trinajstić information content (AvgIpc) is 3.01. The zero-order chi connectivity index (χ0) is 15.7. The minimum absolute atomic E-state index is 0.101. The molecule has 3 heterocycles. The van der Waals surface area contributed by atoms with E-state index in [1.165, 1.54) is 0 Å². The molecule has 0 N–H and O–H groups in total. The Labute approximate surface area is 134 Å². The number of hydrogen-bond acceptors (Lipinski definition) is 4. The predicted octanol–water partition coefficient (Wildman–Crippen LogP) is 2.95. The summed E-state index contributed by atoms with van der Waals surface area (Å²) in [6, 6.07) is 3.94. The maximum absolute atomic E-state index is 12.8. The second-order valence-corrected chi connectivity index (χ2v) is 6.94. The number of carbonyl (C=O) groups is 1. The summed E-state index contributed by atoms with van der Waals surface area (Å²) in [6.07, 6.45) is 2.63. The van der Waals surface area contributed by atoms with Crippen LogP contribution in [0.3, 0.4) is 0 Å². The van der Waals surface area contributed by atoms with E-state index in [2.05, 4.69) is 5.10 Å². The van der Waals surface area contributed by atoms with Crippen LogP contribution < -0.4 is 0 Å². The van der Waals surface area contributed by atoms with Crippen molar-refractivity contribution in [1.29, 1.82) is 0 Å². The van der Waals surface area contributed by atoms with Crippen LogP contribution in [0.5, 0.6) is 0 Å². The SMILES string of the molecule is Cc1nn(C)c(C)c1C(=O)N1CCS[C@@H](c2ccco2)CC1. The highest BCUT2D eigenvalue weighted by Gasteiger charge is 2.27. The number of thioether (sulfide) groups is 1. The standard InChI is InChI=1S/C16H21N3O2S/c1-11-15(12(2)18(3)17-11)16(20)19-7-6-14(22-10-8-19)13-5-4-9-21-13/h4-5,9,14H,6-8,10H2,1-3H3/t14-/m1/s1. The zero-order valence-corrected chi connectivity index (χ0v) is 14.0. The van der Waals surface area contributed by atoms with Crippen molar-refractivity contribution in [2.24, 2.45) is 7.05 Å². The van der Waals surface area contributed by atoms with E-state index in [0.29, 0.717) is 5.25 Å². The first-order valence-electron chi connectivity index (χ1n) is 7.52. The van der Waals surface area contributed by atoms with E-state index < -0.39 is 0 Å². The summed E-state index contributed by atoms with van der Waals surface area (Å²) in [5, 5.41) is 4.69. The lowest BCUT2D eigenvalue weighted by Gasteiger charge is -2.20. The van der Waals surface area contributed by atoms with Crippen LogP contribution in [-0.2, 0) is 7.05 Å². The lowest BCUT2D eigenvalue weighted by atomic mass is 10.1. The van der Waals surface area contributed by atoms with Gasteiger partial charge in [-0.1, -0.05) is 0 Å². The average molecular weight is 319 g/mol. The van der Waals surface area contributed by atoms with E-state index in [0.717, 1.165) is 48.0 Å². The highest BCUT2D eigenvalue weighted by atomic mass is 32.2. The van der Waals surface area contributed by atoms with Crippen molar-refractivity contribution in [2.45, 2.75) is 25.5 Å². The topological polar surface area (TPSA) is 51.3 Å². The predicted molar refractivity (Wildman–Crippen MR) is 87.1 cm³/mol. The fourth-order valence-electron chi connectivity index (χ4n) is 2.92. The number of carbonyl (C=O) groups excluding carboxylic acids is 1. The van der Waals surface area contributed by atoms with Crippen LogP contribution in [0.15, 0.2) is 22.8 Å². The van der Waals surface area contributed by atoms with Gasteiger partial charge in [-0.15, -0.1) is 11.8 Å². The Morgan fingerprint density at radius 3 is 2.86 bits per heavy atom. The molecule has 5 nitrogen and oxygen atoms in total. The lowest BCUT2D eigenvalue weighted by Crippen LogP contribution is -2.33. The van der Waals surface area contributed by atoms with Crippen LogP contribution in [0.2, 0.25) is 0 Å². The van der Waals surface area contributed by atoms with Crippen molar-refractivity contribution in [1.82, 2.24) is 14.7 Å². The summed E-state index contributed by atoms with van der Waals surface area (Å²) in [4.78, 5) is 14.8. The minimum Gasteiger partial charge on any atom is -0.468 e. The summed E-state index contributed by atoms with van der Waals surface area (Å²) in [7, 11) is 1.88. The fourth-order valence-corrected chi connectivity index (χ4v) is 4.10. The summed E-state index contributed by atoms with van der Waals surface area (Å²) in [5.74, 6) is 2.03. The van der Waals surface area contributed by atoms with Crippen LogP contribution in [-0.4, -0.2) is 39.4 Å². The third-order valence-electron chi connectivity index (χ3n) is 4.21. The molecule has 2 aromatic heterocycles. The molecule has 1 aliphatic heterocycles. The van der Waals surface area contributed by atoms with Gasteiger partial charge in [0.05, 0.1) is 22.8 Å². The lowest BCUT2D eigenvalue weighted by molar-refractivity contribution is 0.0764. The van der Waals surface area contributed by atoms with Gasteiger partial charge in [-0.2, -0.15) is 5.10 Å².